The molecule has 2 rings (SSSR count). The van der Waals surface area contributed by atoms with Crippen LogP contribution in [0, 0.1) is 11.8 Å². The third kappa shape index (κ3) is 3.84. The SMILES string of the molecule is CC(=O)NCCC#Cc1csc(C2OCCO2)c1. The molecule has 18 heavy (non-hydrogen) atoms. The summed E-state index contributed by atoms with van der Waals surface area (Å²) in [5.74, 6) is 6.06. The van der Waals surface area contributed by atoms with Gasteiger partial charge in [-0.3, -0.25) is 4.79 Å². The minimum atomic E-state index is -0.218. The molecule has 2 heterocycles. The van der Waals surface area contributed by atoms with Gasteiger partial charge in [-0.25, -0.2) is 0 Å². The first kappa shape index (κ1) is 13.1. The molecule has 1 aliphatic heterocycles. The molecule has 0 aliphatic carbocycles. The lowest BCUT2D eigenvalue weighted by molar-refractivity contribution is -0.118. The van der Waals surface area contributed by atoms with Crippen LogP contribution in [0.15, 0.2) is 11.4 Å². The third-order valence-corrected chi connectivity index (χ3v) is 3.28. The molecule has 0 radical (unpaired) electrons. The van der Waals surface area contributed by atoms with Crippen LogP contribution in [0.25, 0.3) is 0 Å². The van der Waals surface area contributed by atoms with Gasteiger partial charge in [0.1, 0.15) is 0 Å². The summed E-state index contributed by atoms with van der Waals surface area (Å²) in [6.45, 7) is 3.40. The van der Waals surface area contributed by atoms with E-state index in [1.807, 2.05) is 11.4 Å². The van der Waals surface area contributed by atoms with E-state index < -0.39 is 0 Å². The van der Waals surface area contributed by atoms with Gasteiger partial charge in [0.05, 0.1) is 18.1 Å². The Labute approximate surface area is 110 Å². The number of ether oxygens (including phenoxy) is 2. The summed E-state index contributed by atoms with van der Waals surface area (Å²) in [6.07, 6.45) is 0.436. The van der Waals surface area contributed by atoms with Gasteiger partial charge in [-0.15, -0.1) is 11.3 Å². The molecule has 0 aromatic carbocycles. The first-order chi connectivity index (χ1) is 8.75. The fourth-order valence-electron chi connectivity index (χ4n) is 1.53. The van der Waals surface area contributed by atoms with Crippen molar-refractivity contribution in [2.24, 2.45) is 0 Å². The number of carbonyl (C=O) groups is 1. The quantitative estimate of drug-likeness (QED) is 0.668. The smallest absolute Gasteiger partial charge is 0.216 e. The summed E-state index contributed by atoms with van der Waals surface area (Å²) in [5, 5.41) is 4.69. The maximum absolute atomic E-state index is 10.6. The number of nitrogens with one attached hydrogen (secondary N) is 1. The zero-order valence-electron chi connectivity index (χ0n) is 10.2. The lowest BCUT2D eigenvalue weighted by atomic mass is 10.3. The van der Waals surface area contributed by atoms with Crippen molar-refractivity contribution in [1.29, 1.82) is 0 Å². The normalized spacial score (nSPS) is 15.2. The lowest BCUT2D eigenvalue weighted by Gasteiger charge is -2.03. The van der Waals surface area contributed by atoms with Crippen molar-refractivity contribution in [3.63, 3.8) is 0 Å². The molecule has 0 spiro atoms. The molecule has 1 fully saturated rings. The summed E-state index contributed by atoms with van der Waals surface area (Å²) in [4.78, 5) is 11.7. The summed E-state index contributed by atoms with van der Waals surface area (Å²) in [5.41, 5.74) is 0.969. The number of rotatable bonds is 3. The van der Waals surface area contributed by atoms with Crippen LogP contribution in [-0.4, -0.2) is 25.7 Å². The minimum absolute atomic E-state index is 0.0230. The summed E-state index contributed by atoms with van der Waals surface area (Å²) >= 11 is 1.59. The second kappa shape index (κ2) is 6.55. The van der Waals surface area contributed by atoms with Crippen LogP contribution in [0.2, 0.25) is 0 Å². The lowest BCUT2D eigenvalue weighted by Crippen LogP contribution is -2.20. The molecule has 1 N–H and O–H groups in total. The zero-order valence-corrected chi connectivity index (χ0v) is 11.0. The molecule has 1 amide bonds. The molecule has 0 atom stereocenters. The molecular weight excluding hydrogens is 250 g/mol. The molecule has 0 saturated carbocycles. The zero-order chi connectivity index (χ0) is 12.8. The number of carbonyl (C=O) groups excluding carboxylic acids is 1. The molecule has 1 aromatic rings. The van der Waals surface area contributed by atoms with Crippen molar-refractivity contribution in [2.45, 2.75) is 19.6 Å². The van der Waals surface area contributed by atoms with E-state index in [0.717, 1.165) is 10.4 Å². The predicted molar refractivity (Wildman–Crippen MR) is 69.1 cm³/mol. The van der Waals surface area contributed by atoms with Gasteiger partial charge >= 0.3 is 0 Å². The van der Waals surface area contributed by atoms with Crippen LogP contribution < -0.4 is 5.32 Å². The largest absolute Gasteiger partial charge is 0.355 e. The second-order valence-corrected chi connectivity index (χ2v) is 4.79. The monoisotopic (exact) mass is 265 g/mol. The van der Waals surface area contributed by atoms with E-state index in [1.165, 1.54) is 6.92 Å². The highest BCUT2D eigenvalue weighted by molar-refractivity contribution is 7.10. The van der Waals surface area contributed by atoms with Gasteiger partial charge in [-0.1, -0.05) is 11.8 Å². The van der Waals surface area contributed by atoms with Gasteiger partial charge in [-0.2, -0.15) is 0 Å². The highest BCUT2D eigenvalue weighted by Gasteiger charge is 2.19. The second-order valence-electron chi connectivity index (χ2n) is 3.85. The van der Waals surface area contributed by atoms with Gasteiger partial charge in [0.25, 0.3) is 0 Å². The van der Waals surface area contributed by atoms with Crippen LogP contribution in [0.5, 0.6) is 0 Å². The maximum atomic E-state index is 10.6. The maximum Gasteiger partial charge on any atom is 0.216 e. The summed E-state index contributed by atoms with van der Waals surface area (Å²) in [7, 11) is 0. The molecular formula is C13H15NO3S. The first-order valence-electron chi connectivity index (χ1n) is 5.80. The van der Waals surface area contributed by atoms with Crippen molar-refractivity contribution >= 4 is 17.2 Å². The molecule has 0 unspecified atom stereocenters. The standard InChI is InChI=1S/C13H15NO3S/c1-10(15)14-5-3-2-4-11-8-12(18-9-11)13-16-6-7-17-13/h8-9,13H,3,5-7H2,1H3,(H,14,15). The van der Waals surface area contributed by atoms with Crippen molar-refractivity contribution in [3.05, 3.63) is 21.9 Å². The van der Waals surface area contributed by atoms with Gasteiger partial charge in [0, 0.05) is 30.8 Å². The molecule has 1 aliphatic rings. The third-order valence-electron chi connectivity index (χ3n) is 2.33. The number of hydrogen-bond acceptors (Lipinski definition) is 4. The number of amides is 1. The minimum Gasteiger partial charge on any atom is -0.355 e. The van der Waals surface area contributed by atoms with Crippen LogP contribution in [-0.2, 0) is 14.3 Å². The Morgan fingerprint density at radius 1 is 1.56 bits per heavy atom. The van der Waals surface area contributed by atoms with E-state index in [9.17, 15) is 4.79 Å². The van der Waals surface area contributed by atoms with Crippen LogP contribution in [0.4, 0.5) is 0 Å². The van der Waals surface area contributed by atoms with Crippen molar-refractivity contribution in [1.82, 2.24) is 5.32 Å². The van der Waals surface area contributed by atoms with Gasteiger partial charge in [-0.05, 0) is 6.07 Å². The van der Waals surface area contributed by atoms with Crippen molar-refractivity contribution in [3.8, 4) is 11.8 Å². The molecule has 0 bridgehead atoms. The Balaban J connectivity index is 1.82. The fraction of sp³-hybridized carbons (Fsp3) is 0.462. The van der Waals surface area contributed by atoms with Gasteiger partial charge < -0.3 is 14.8 Å². The van der Waals surface area contributed by atoms with Crippen LogP contribution in [0.1, 0.15) is 30.1 Å². The molecule has 1 aromatic heterocycles. The number of thiophene rings is 1. The van der Waals surface area contributed by atoms with E-state index in [2.05, 4.69) is 17.2 Å². The van der Waals surface area contributed by atoms with Gasteiger partial charge in [0.2, 0.25) is 5.91 Å². The van der Waals surface area contributed by atoms with E-state index in [-0.39, 0.29) is 12.2 Å². The van der Waals surface area contributed by atoms with E-state index in [4.69, 9.17) is 9.47 Å². The Hall–Kier alpha value is -1.35. The predicted octanol–water partition coefficient (Wildman–Crippen LogP) is 1.67. The van der Waals surface area contributed by atoms with E-state index in [0.29, 0.717) is 26.2 Å². The molecule has 4 nitrogen and oxygen atoms in total. The van der Waals surface area contributed by atoms with Crippen molar-refractivity contribution < 1.29 is 14.3 Å². The van der Waals surface area contributed by atoms with Crippen LogP contribution in [0.3, 0.4) is 0 Å². The van der Waals surface area contributed by atoms with Gasteiger partial charge in [0.15, 0.2) is 6.29 Å². The Morgan fingerprint density at radius 2 is 2.33 bits per heavy atom. The topological polar surface area (TPSA) is 47.6 Å². The average Bonchev–Trinajstić information content (AvgIpc) is 2.98. The summed E-state index contributed by atoms with van der Waals surface area (Å²) in [6, 6.07) is 1.99. The highest BCUT2D eigenvalue weighted by Crippen LogP contribution is 2.28. The van der Waals surface area contributed by atoms with Crippen molar-refractivity contribution in [2.75, 3.05) is 19.8 Å². The first-order valence-corrected chi connectivity index (χ1v) is 6.68. The molecule has 96 valence electrons. The molecule has 5 heteroatoms. The Kier molecular flexibility index (Phi) is 4.76. The fourth-order valence-corrected chi connectivity index (χ4v) is 2.36. The Bertz CT molecular complexity index is 466. The van der Waals surface area contributed by atoms with E-state index in [1.54, 1.807) is 11.3 Å². The van der Waals surface area contributed by atoms with Crippen LogP contribution >= 0.6 is 11.3 Å². The molecule has 1 saturated heterocycles. The Morgan fingerprint density at radius 3 is 3.06 bits per heavy atom. The van der Waals surface area contributed by atoms with E-state index >= 15 is 0 Å². The average molecular weight is 265 g/mol. The highest BCUT2D eigenvalue weighted by atomic mass is 32.1. The number of hydrogen-bond donors (Lipinski definition) is 1. The summed E-state index contributed by atoms with van der Waals surface area (Å²) < 4.78 is 10.8.